The van der Waals surface area contributed by atoms with Gasteiger partial charge in [0.15, 0.2) is 5.78 Å². The van der Waals surface area contributed by atoms with Gasteiger partial charge in [0.05, 0.1) is 6.42 Å². The van der Waals surface area contributed by atoms with Crippen LogP contribution in [0, 0.1) is 24.7 Å². The molecule has 2 aromatic carbocycles. The summed E-state index contributed by atoms with van der Waals surface area (Å²) in [5.41, 5.74) is 7.36. The number of fused-ring (bicyclic) bond motifs is 1. The molecule has 0 saturated carbocycles. The Morgan fingerprint density at radius 1 is 0.951 bits per heavy atom. The lowest BCUT2D eigenvalue weighted by Crippen LogP contribution is -2.30. The van der Waals surface area contributed by atoms with Gasteiger partial charge in [-0.2, -0.15) is 0 Å². The van der Waals surface area contributed by atoms with Crippen molar-refractivity contribution in [2.45, 2.75) is 119 Å². The van der Waals surface area contributed by atoms with Gasteiger partial charge in [-0.25, -0.2) is 0 Å². The van der Waals surface area contributed by atoms with Crippen LogP contribution in [0.5, 0.6) is 0 Å². The number of ketones is 4. The van der Waals surface area contributed by atoms with Crippen molar-refractivity contribution >= 4 is 23.1 Å². The quantitative estimate of drug-likeness (QED) is 0.207. The Morgan fingerprint density at radius 2 is 1.61 bits per heavy atom. The van der Waals surface area contributed by atoms with E-state index in [0.29, 0.717) is 19.3 Å². The molecule has 4 nitrogen and oxygen atoms in total. The Morgan fingerprint density at radius 3 is 2.17 bits per heavy atom. The summed E-state index contributed by atoms with van der Waals surface area (Å²) in [6, 6.07) is 10.4. The van der Waals surface area contributed by atoms with Crippen molar-refractivity contribution in [2.24, 2.45) is 17.8 Å². The number of aryl methyl sites for hydroxylation is 1. The molecule has 0 N–H and O–H groups in total. The SMILES string of the molecule is CCCC(CC1CC(=O)c2c(C)c(CC(=O)Cc3ccc(CC)cc3)cc(C(C)C)c2C1)C(CC)C(=O)CC(C)=O. The second kappa shape index (κ2) is 14.8. The summed E-state index contributed by atoms with van der Waals surface area (Å²) in [6.45, 7) is 14.1. The topological polar surface area (TPSA) is 68.3 Å². The largest absolute Gasteiger partial charge is 0.300 e. The van der Waals surface area contributed by atoms with E-state index in [1.54, 1.807) is 0 Å². The van der Waals surface area contributed by atoms with Gasteiger partial charge in [-0.15, -0.1) is 0 Å². The highest BCUT2D eigenvalue weighted by Gasteiger charge is 2.34. The highest BCUT2D eigenvalue weighted by molar-refractivity contribution is 6.01. The fraction of sp³-hybridized carbons (Fsp3) is 0.568. The van der Waals surface area contributed by atoms with Crippen LogP contribution >= 0.6 is 0 Å². The Balaban J connectivity index is 1.86. The van der Waals surface area contributed by atoms with Crippen molar-refractivity contribution in [3.63, 3.8) is 0 Å². The van der Waals surface area contributed by atoms with Gasteiger partial charge in [0, 0.05) is 30.7 Å². The smallest absolute Gasteiger partial charge is 0.163 e. The molecule has 0 amide bonds. The third-order valence-electron chi connectivity index (χ3n) is 9.07. The highest BCUT2D eigenvalue weighted by Crippen LogP contribution is 2.40. The van der Waals surface area contributed by atoms with Crippen LogP contribution in [0.1, 0.15) is 130 Å². The third kappa shape index (κ3) is 8.33. The van der Waals surface area contributed by atoms with E-state index >= 15 is 0 Å². The first-order valence-electron chi connectivity index (χ1n) is 15.8. The predicted octanol–water partition coefficient (Wildman–Crippen LogP) is 8.16. The van der Waals surface area contributed by atoms with Crippen molar-refractivity contribution in [3.8, 4) is 0 Å². The van der Waals surface area contributed by atoms with Crippen molar-refractivity contribution in [2.75, 3.05) is 0 Å². The van der Waals surface area contributed by atoms with E-state index in [1.165, 1.54) is 18.1 Å². The van der Waals surface area contributed by atoms with Crippen LogP contribution in [-0.2, 0) is 40.1 Å². The molecule has 3 rings (SSSR count). The van der Waals surface area contributed by atoms with E-state index in [1.807, 2.05) is 26.0 Å². The molecule has 4 heteroatoms. The fourth-order valence-electron chi connectivity index (χ4n) is 6.98. The number of Topliss-reactive ketones (excluding diaryl/α,β-unsaturated/α-hetero) is 4. The maximum Gasteiger partial charge on any atom is 0.163 e. The Hall–Kier alpha value is -2.88. The van der Waals surface area contributed by atoms with Crippen LogP contribution in [0.25, 0.3) is 0 Å². The van der Waals surface area contributed by atoms with Gasteiger partial charge in [0.25, 0.3) is 0 Å². The summed E-state index contributed by atoms with van der Waals surface area (Å²) in [6.07, 6.45) is 6.47. The van der Waals surface area contributed by atoms with Gasteiger partial charge in [-0.3, -0.25) is 19.2 Å². The van der Waals surface area contributed by atoms with Gasteiger partial charge in [-0.05, 0) is 90.7 Å². The highest BCUT2D eigenvalue weighted by atomic mass is 16.1. The van der Waals surface area contributed by atoms with Crippen molar-refractivity contribution in [1.29, 1.82) is 0 Å². The molecule has 0 radical (unpaired) electrons. The van der Waals surface area contributed by atoms with Crippen molar-refractivity contribution in [3.05, 3.63) is 69.3 Å². The Bertz CT molecular complexity index is 1250. The third-order valence-corrected chi connectivity index (χ3v) is 9.07. The molecule has 0 aliphatic heterocycles. The summed E-state index contributed by atoms with van der Waals surface area (Å²) in [5, 5.41) is 0. The van der Waals surface area contributed by atoms with E-state index in [-0.39, 0.29) is 53.2 Å². The second-order valence-electron chi connectivity index (χ2n) is 12.7. The lowest BCUT2D eigenvalue weighted by Gasteiger charge is -2.33. The zero-order valence-electron chi connectivity index (χ0n) is 26.4. The van der Waals surface area contributed by atoms with Crippen LogP contribution in [0.15, 0.2) is 30.3 Å². The van der Waals surface area contributed by atoms with Gasteiger partial charge in [-0.1, -0.05) is 77.8 Å². The molecule has 0 saturated heterocycles. The average Bonchev–Trinajstić information content (AvgIpc) is 2.90. The number of benzene rings is 2. The number of carbonyl (C=O) groups is 4. The molecule has 0 heterocycles. The van der Waals surface area contributed by atoms with E-state index in [2.05, 4.69) is 45.9 Å². The first kappa shape index (κ1) is 32.6. The second-order valence-corrected chi connectivity index (χ2v) is 12.7. The summed E-state index contributed by atoms with van der Waals surface area (Å²) in [5.74, 6) is 0.771. The summed E-state index contributed by atoms with van der Waals surface area (Å²) < 4.78 is 0. The molecule has 0 fully saturated rings. The fourth-order valence-corrected chi connectivity index (χ4v) is 6.98. The molecule has 3 unspecified atom stereocenters. The number of carbonyl (C=O) groups excluding carboxylic acids is 4. The molecule has 0 bridgehead atoms. The number of hydrogen-bond acceptors (Lipinski definition) is 4. The van der Waals surface area contributed by atoms with Gasteiger partial charge < -0.3 is 0 Å². The molecule has 222 valence electrons. The summed E-state index contributed by atoms with van der Waals surface area (Å²) in [4.78, 5) is 51.5. The van der Waals surface area contributed by atoms with Crippen LogP contribution < -0.4 is 0 Å². The normalized spacial score (nSPS) is 16.4. The zero-order chi connectivity index (χ0) is 30.3. The number of hydrogen-bond donors (Lipinski definition) is 0. The average molecular weight is 559 g/mol. The molecular formula is C37H50O4. The van der Waals surface area contributed by atoms with E-state index < -0.39 is 0 Å². The first-order chi connectivity index (χ1) is 19.5. The molecule has 3 atom stereocenters. The molecule has 1 aliphatic carbocycles. The number of rotatable bonds is 15. The summed E-state index contributed by atoms with van der Waals surface area (Å²) >= 11 is 0. The molecule has 0 spiro atoms. The van der Waals surface area contributed by atoms with Crippen molar-refractivity contribution in [1.82, 2.24) is 0 Å². The lowest BCUT2D eigenvalue weighted by molar-refractivity contribution is -0.130. The van der Waals surface area contributed by atoms with Gasteiger partial charge in [0.2, 0.25) is 0 Å². The van der Waals surface area contributed by atoms with E-state index in [4.69, 9.17) is 0 Å². The summed E-state index contributed by atoms with van der Waals surface area (Å²) in [7, 11) is 0. The maximum atomic E-state index is 13.7. The van der Waals surface area contributed by atoms with Crippen LogP contribution in [0.2, 0.25) is 0 Å². The van der Waals surface area contributed by atoms with Crippen LogP contribution in [0.4, 0.5) is 0 Å². The minimum Gasteiger partial charge on any atom is -0.300 e. The van der Waals surface area contributed by atoms with Crippen LogP contribution in [-0.4, -0.2) is 23.1 Å². The molecule has 0 aromatic heterocycles. The monoisotopic (exact) mass is 558 g/mol. The standard InChI is InChI=1S/C37H50O4/c1-8-11-29(32(10-3)35(40)16-24(6)38)17-28-19-34-33(23(4)5)22-30(25(7)37(34)36(41)20-28)21-31(39)18-27-14-12-26(9-2)13-15-27/h12-15,22-23,28-29,32H,8-11,16-21H2,1-7H3. The molecular weight excluding hydrogens is 508 g/mol. The zero-order valence-corrected chi connectivity index (χ0v) is 26.4. The Labute approximate surface area is 247 Å². The molecule has 1 aliphatic rings. The maximum absolute atomic E-state index is 13.7. The first-order valence-corrected chi connectivity index (χ1v) is 15.8. The van der Waals surface area contributed by atoms with E-state index in [0.717, 1.165) is 66.3 Å². The van der Waals surface area contributed by atoms with Gasteiger partial charge >= 0.3 is 0 Å². The van der Waals surface area contributed by atoms with Gasteiger partial charge in [0.1, 0.15) is 17.3 Å². The minimum absolute atomic E-state index is 0.00733. The minimum atomic E-state index is -0.131. The molecule has 41 heavy (non-hydrogen) atoms. The molecule has 2 aromatic rings. The van der Waals surface area contributed by atoms with Crippen molar-refractivity contribution < 1.29 is 19.2 Å². The lowest BCUT2D eigenvalue weighted by atomic mass is 9.70. The Kier molecular flexibility index (Phi) is 11.8. The van der Waals surface area contributed by atoms with Crippen LogP contribution in [0.3, 0.4) is 0 Å². The predicted molar refractivity (Wildman–Crippen MR) is 167 cm³/mol. The van der Waals surface area contributed by atoms with E-state index in [9.17, 15) is 19.2 Å².